The molecule has 6 heteroatoms. The number of nitrogen functional groups attached to an aromatic ring is 1. The molecule has 0 spiro atoms. The second-order valence-electron chi connectivity index (χ2n) is 4.41. The fraction of sp³-hybridized carbons (Fsp3) is 0.214. The van der Waals surface area contributed by atoms with Gasteiger partial charge in [0.05, 0.1) is 20.9 Å². The van der Waals surface area contributed by atoms with Gasteiger partial charge in [-0.05, 0) is 40.5 Å². The van der Waals surface area contributed by atoms with Gasteiger partial charge in [-0.2, -0.15) is 0 Å². The summed E-state index contributed by atoms with van der Waals surface area (Å²) in [6.07, 6.45) is 2.70. The molecule has 0 radical (unpaired) electrons. The van der Waals surface area contributed by atoms with Gasteiger partial charge in [-0.25, -0.2) is 0 Å². The van der Waals surface area contributed by atoms with Crippen molar-refractivity contribution in [2.24, 2.45) is 0 Å². The largest absolute Gasteiger partial charge is 0.397 e. The first-order valence-corrected chi connectivity index (χ1v) is 7.41. The lowest BCUT2D eigenvalue weighted by atomic mass is 10.3. The van der Waals surface area contributed by atoms with Crippen molar-refractivity contribution in [3.8, 4) is 0 Å². The van der Waals surface area contributed by atoms with Crippen LogP contribution >= 0.6 is 27.5 Å². The van der Waals surface area contributed by atoms with Gasteiger partial charge in [0.15, 0.2) is 0 Å². The first-order valence-electron chi connectivity index (χ1n) is 6.24. The van der Waals surface area contributed by atoms with Crippen LogP contribution in [0.5, 0.6) is 0 Å². The molecule has 2 aromatic rings. The van der Waals surface area contributed by atoms with E-state index in [1.165, 1.54) is 0 Å². The summed E-state index contributed by atoms with van der Waals surface area (Å²) in [5.74, 6) is -0.210. The Morgan fingerprint density at radius 2 is 2.25 bits per heavy atom. The predicted octanol–water partition coefficient (Wildman–Crippen LogP) is 4.15. The van der Waals surface area contributed by atoms with Gasteiger partial charge in [0.25, 0.3) is 5.91 Å². The number of carbonyl (C=O) groups excluding carboxylic acids is 1. The third kappa shape index (κ3) is 3.16. The van der Waals surface area contributed by atoms with E-state index in [0.717, 1.165) is 13.0 Å². The number of rotatable bonds is 4. The Kier molecular flexibility index (Phi) is 4.73. The number of benzene rings is 1. The van der Waals surface area contributed by atoms with Crippen molar-refractivity contribution < 1.29 is 4.79 Å². The smallest absolute Gasteiger partial charge is 0.272 e. The number of amides is 1. The van der Waals surface area contributed by atoms with E-state index in [0.29, 0.717) is 26.6 Å². The molecule has 2 rings (SSSR count). The van der Waals surface area contributed by atoms with Gasteiger partial charge >= 0.3 is 0 Å². The monoisotopic (exact) mass is 355 g/mol. The molecule has 0 fully saturated rings. The number of nitrogens with two attached hydrogens (primary N) is 1. The third-order valence-electron chi connectivity index (χ3n) is 2.81. The first kappa shape index (κ1) is 14.9. The Bertz CT molecular complexity index is 639. The lowest BCUT2D eigenvalue weighted by Crippen LogP contribution is -2.17. The van der Waals surface area contributed by atoms with Crippen LogP contribution < -0.4 is 11.1 Å². The number of nitrogens with zero attached hydrogens (tertiary/aromatic N) is 1. The summed E-state index contributed by atoms with van der Waals surface area (Å²) in [7, 11) is 0. The lowest BCUT2D eigenvalue weighted by molar-refractivity contribution is 0.101. The van der Waals surface area contributed by atoms with Gasteiger partial charge in [-0.3, -0.25) is 4.79 Å². The molecule has 0 atom stereocenters. The third-order valence-corrected chi connectivity index (χ3v) is 4.21. The van der Waals surface area contributed by atoms with E-state index < -0.39 is 0 Å². The molecule has 0 aliphatic rings. The van der Waals surface area contributed by atoms with Gasteiger partial charge < -0.3 is 15.6 Å². The van der Waals surface area contributed by atoms with Crippen molar-refractivity contribution in [2.45, 2.75) is 19.9 Å². The van der Waals surface area contributed by atoms with Crippen molar-refractivity contribution in [3.63, 3.8) is 0 Å². The number of carbonyl (C=O) groups is 1. The number of hydrogen-bond acceptors (Lipinski definition) is 2. The highest BCUT2D eigenvalue weighted by Gasteiger charge is 2.14. The zero-order valence-corrected chi connectivity index (χ0v) is 13.3. The molecule has 106 valence electrons. The van der Waals surface area contributed by atoms with Crippen LogP contribution in [-0.2, 0) is 6.54 Å². The van der Waals surface area contributed by atoms with Gasteiger partial charge in [0.1, 0.15) is 5.69 Å². The molecule has 1 aromatic carbocycles. The molecule has 0 aliphatic carbocycles. The Morgan fingerprint density at radius 3 is 2.95 bits per heavy atom. The fourth-order valence-electron chi connectivity index (χ4n) is 1.94. The van der Waals surface area contributed by atoms with E-state index in [9.17, 15) is 4.79 Å². The van der Waals surface area contributed by atoms with Crippen molar-refractivity contribution in [1.82, 2.24) is 4.57 Å². The minimum atomic E-state index is -0.210. The highest BCUT2D eigenvalue weighted by atomic mass is 79.9. The standard InChI is InChI=1S/C14H15BrClN3O/c1-2-6-19-8-9(17)7-12(19)14(20)18-11-5-3-4-10(16)13(11)15/h3-5,7-8H,2,6,17H2,1H3,(H,18,20). The number of aryl methyl sites for hydroxylation is 1. The SMILES string of the molecule is CCCn1cc(N)cc1C(=O)Nc1cccc(Cl)c1Br. The molecule has 1 aromatic heterocycles. The maximum atomic E-state index is 12.3. The van der Waals surface area contributed by atoms with Crippen LogP contribution in [0.25, 0.3) is 0 Å². The number of anilines is 2. The molecule has 4 nitrogen and oxygen atoms in total. The molecule has 1 amide bonds. The van der Waals surface area contributed by atoms with Crippen LogP contribution in [0, 0.1) is 0 Å². The maximum Gasteiger partial charge on any atom is 0.272 e. The zero-order chi connectivity index (χ0) is 14.7. The Hall–Kier alpha value is -1.46. The molecule has 0 aliphatic heterocycles. The van der Waals surface area contributed by atoms with E-state index >= 15 is 0 Å². The van der Waals surface area contributed by atoms with Gasteiger partial charge in [0, 0.05) is 12.7 Å². The molecule has 1 heterocycles. The highest BCUT2D eigenvalue weighted by Crippen LogP contribution is 2.30. The Balaban J connectivity index is 2.26. The zero-order valence-electron chi connectivity index (χ0n) is 11.0. The van der Waals surface area contributed by atoms with E-state index in [1.54, 1.807) is 30.5 Å². The molecule has 20 heavy (non-hydrogen) atoms. The summed E-state index contributed by atoms with van der Waals surface area (Å²) in [4.78, 5) is 12.3. The summed E-state index contributed by atoms with van der Waals surface area (Å²) >= 11 is 9.36. The topological polar surface area (TPSA) is 60.0 Å². The van der Waals surface area contributed by atoms with E-state index in [2.05, 4.69) is 21.2 Å². The van der Waals surface area contributed by atoms with Crippen LogP contribution in [0.4, 0.5) is 11.4 Å². The van der Waals surface area contributed by atoms with Crippen molar-refractivity contribution >= 4 is 44.8 Å². The molecule has 0 saturated carbocycles. The van der Waals surface area contributed by atoms with Crippen LogP contribution in [0.15, 0.2) is 34.9 Å². The van der Waals surface area contributed by atoms with E-state index in [4.69, 9.17) is 17.3 Å². The lowest BCUT2D eigenvalue weighted by Gasteiger charge is -2.10. The molecule has 0 unspecified atom stereocenters. The average molecular weight is 357 g/mol. The van der Waals surface area contributed by atoms with Crippen molar-refractivity contribution in [1.29, 1.82) is 0 Å². The molecular weight excluding hydrogens is 342 g/mol. The number of nitrogens with one attached hydrogen (secondary N) is 1. The van der Waals surface area contributed by atoms with Crippen LogP contribution in [0.2, 0.25) is 5.02 Å². The Labute approximate surface area is 131 Å². The minimum absolute atomic E-state index is 0.210. The summed E-state index contributed by atoms with van der Waals surface area (Å²) in [6.45, 7) is 2.79. The second kappa shape index (κ2) is 6.33. The average Bonchev–Trinajstić information content (AvgIpc) is 2.76. The molecular formula is C14H15BrClN3O. The van der Waals surface area contributed by atoms with Crippen molar-refractivity contribution in [2.75, 3.05) is 11.1 Å². The van der Waals surface area contributed by atoms with Crippen LogP contribution in [-0.4, -0.2) is 10.5 Å². The maximum absolute atomic E-state index is 12.3. The summed E-state index contributed by atoms with van der Waals surface area (Å²) in [6, 6.07) is 6.98. The summed E-state index contributed by atoms with van der Waals surface area (Å²) in [5, 5.41) is 3.38. The highest BCUT2D eigenvalue weighted by molar-refractivity contribution is 9.10. The molecule has 0 saturated heterocycles. The second-order valence-corrected chi connectivity index (χ2v) is 5.61. The van der Waals surface area contributed by atoms with E-state index in [-0.39, 0.29) is 5.91 Å². The van der Waals surface area contributed by atoms with Gasteiger partial charge in [-0.1, -0.05) is 24.6 Å². The normalized spacial score (nSPS) is 10.6. The fourth-order valence-corrected chi connectivity index (χ4v) is 2.47. The van der Waals surface area contributed by atoms with Gasteiger partial charge in [0.2, 0.25) is 0 Å². The van der Waals surface area contributed by atoms with Crippen LogP contribution in [0.1, 0.15) is 23.8 Å². The van der Waals surface area contributed by atoms with Crippen molar-refractivity contribution in [3.05, 3.63) is 45.7 Å². The predicted molar refractivity (Wildman–Crippen MR) is 86.2 cm³/mol. The summed E-state index contributed by atoms with van der Waals surface area (Å²) in [5.41, 5.74) is 7.51. The van der Waals surface area contributed by atoms with Gasteiger partial charge in [-0.15, -0.1) is 0 Å². The van der Waals surface area contributed by atoms with Crippen LogP contribution in [0.3, 0.4) is 0 Å². The Morgan fingerprint density at radius 1 is 1.50 bits per heavy atom. The number of hydrogen-bond donors (Lipinski definition) is 2. The molecule has 0 bridgehead atoms. The number of halogens is 2. The van der Waals surface area contributed by atoms with E-state index in [1.807, 2.05) is 11.5 Å². The quantitative estimate of drug-likeness (QED) is 0.864. The number of aromatic nitrogens is 1. The molecule has 3 N–H and O–H groups in total. The first-order chi connectivity index (χ1) is 9.52. The minimum Gasteiger partial charge on any atom is -0.397 e. The summed E-state index contributed by atoms with van der Waals surface area (Å²) < 4.78 is 2.51.